The van der Waals surface area contributed by atoms with E-state index in [2.05, 4.69) is 15.0 Å². The Kier molecular flexibility index (Phi) is 7.97. The van der Waals surface area contributed by atoms with Crippen LogP contribution in [0.5, 0.6) is 23.1 Å². The number of benzene rings is 2. The highest BCUT2D eigenvalue weighted by Gasteiger charge is 2.20. The fourth-order valence-corrected chi connectivity index (χ4v) is 4.68. The van der Waals surface area contributed by atoms with Crippen LogP contribution in [0.3, 0.4) is 0 Å². The number of Topliss-reactive ketones (excluding diaryl/α,β-unsaturated/α-hetero) is 1. The summed E-state index contributed by atoms with van der Waals surface area (Å²) in [4.78, 5) is 38.2. The Morgan fingerprint density at radius 2 is 1.81 bits per heavy atom. The molecule has 8 nitrogen and oxygen atoms in total. The summed E-state index contributed by atoms with van der Waals surface area (Å²) in [6.07, 6.45) is 2.64. The normalized spacial score (nSPS) is 11.0. The molecule has 3 aromatic heterocycles. The zero-order valence-corrected chi connectivity index (χ0v) is 23.4. The lowest BCUT2D eigenvalue weighted by Crippen LogP contribution is -2.20. The summed E-state index contributed by atoms with van der Waals surface area (Å²) in [5, 5.41) is 0. The quantitative estimate of drug-likeness (QED) is 0.201. The molecule has 0 fully saturated rings. The molecule has 5 aromatic rings. The summed E-state index contributed by atoms with van der Waals surface area (Å²) in [5.41, 5.74) is 2.55. The zero-order valence-electron chi connectivity index (χ0n) is 23.4. The van der Waals surface area contributed by atoms with Crippen LogP contribution in [0.25, 0.3) is 22.2 Å². The van der Waals surface area contributed by atoms with Crippen LogP contribution in [0.4, 0.5) is 8.78 Å². The second-order valence-corrected chi connectivity index (χ2v) is 9.56. The maximum absolute atomic E-state index is 15.2. The second kappa shape index (κ2) is 11.8. The van der Waals surface area contributed by atoms with Gasteiger partial charge in [-0.25, -0.2) is 13.8 Å². The van der Waals surface area contributed by atoms with Gasteiger partial charge in [0.25, 0.3) is 5.88 Å². The van der Waals surface area contributed by atoms with Crippen LogP contribution >= 0.6 is 0 Å². The molecule has 0 aliphatic rings. The predicted octanol–water partition coefficient (Wildman–Crippen LogP) is 6.51. The molecule has 0 aliphatic carbocycles. The zero-order chi connectivity index (χ0) is 30.0. The minimum Gasteiger partial charge on any atom is -0.491 e. The van der Waals surface area contributed by atoms with E-state index < -0.39 is 22.8 Å². The predicted molar refractivity (Wildman–Crippen MR) is 154 cm³/mol. The molecular formula is C32H27F2N3O5. The molecule has 2 aromatic carbocycles. The topological polar surface area (TPSA) is 103 Å². The van der Waals surface area contributed by atoms with E-state index in [1.165, 1.54) is 49.8 Å². The number of ether oxygens (including phenoxy) is 3. The molecular weight excluding hydrogens is 544 g/mol. The van der Waals surface area contributed by atoms with Gasteiger partial charge < -0.3 is 19.2 Å². The van der Waals surface area contributed by atoms with E-state index in [1.807, 2.05) is 6.92 Å². The molecule has 1 N–H and O–H groups in total. The minimum absolute atomic E-state index is 0.0741. The Bertz CT molecular complexity index is 1890. The average Bonchev–Trinajstić information content (AvgIpc) is 2.95. The smallest absolute Gasteiger partial charge is 0.257 e. The fourth-order valence-electron chi connectivity index (χ4n) is 4.68. The van der Waals surface area contributed by atoms with Crippen LogP contribution < -0.4 is 19.6 Å². The number of aryl methyl sites for hydroxylation is 2. The number of nitrogens with zero attached hydrogens (tertiary/aromatic N) is 2. The van der Waals surface area contributed by atoms with Crippen LogP contribution in [0.2, 0.25) is 0 Å². The number of nitrogens with one attached hydrogen (secondary N) is 1. The van der Waals surface area contributed by atoms with Gasteiger partial charge in [-0.15, -0.1) is 0 Å². The molecule has 0 saturated heterocycles. The largest absolute Gasteiger partial charge is 0.491 e. The monoisotopic (exact) mass is 571 g/mol. The summed E-state index contributed by atoms with van der Waals surface area (Å²) >= 11 is 0. The summed E-state index contributed by atoms with van der Waals surface area (Å²) < 4.78 is 45.5. The number of aromatic nitrogens is 3. The van der Waals surface area contributed by atoms with Crippen LogP contribution in [0.1, 0.15) is 34.1 Å². The highest BCUT2D eigenvalue weighted by Crippen LogP contribution is 2.35. The van der Waals surface area contributed by atoms with Gasteiger partial charge in [-0.05, 0) is 61.7 Å². The number of carbonyl (C=O) groups excluding carboxylic acids is 1. The molecule has 0 radical (unpaired) electrons. The molecule has 3 heterocycles. The van der Waals surface area contributed by atoms with Crippen LogP contribution in [-0.4, -0.2) is 34.5 Å². The number of carbonyl (C=O) groups is 1. The number of hydrogen-bond acceptors (Lipinski definition) is 7. The van der Waals surface area contributed by atoms with Gasteiger partial charge in [0, 0.05) is 42.2 Å². The summed E-state index contributed by atoms with van der Waals surface area (Å²) in [7, 11) is 1.49. The van der Waals surface area contributed by atoms with Gasteiger partial charge in [0.05, 0.1) is 24.8 Å². The first-order valence-corrected chi connectivity index (χ1v) is 13.1. The molecule has 0 atom stereocenters. The van der Waals surface area contributed by atoms with E-state index in [0.717, 1.165) is 0 Å². The van der Waals surface area contributed by atoms with Gasteiger partial charge in [-0.1, -0.05) is 12.1 Å². The molecule has 42 heavy (non-hydrogen) atoms. The van der Waals surface area contributed by atoms with Gasteiger partial charge in [-0.2, -0.15) is 0 Å². The molecule has 10 heteroatoms. The first-order chi connectivity index (χ1) is 20.2. The third-order valence-electron chi connectivity index (χ3n) is 6.73. The lowest BCUT2D eigenvalue weighted by Gasteiger charge is -2.13. The van der Waals surface area contributed by atoms with Crippen molar-refractivity contribution in [2.24, 2.45) is 0 Å². The number of methoxy groups -OCH3 is 1. The lowest BCUT2D eigenvalue weighted by atomic mass is 9.95. The van der Waals surface area contributed by atoms with Crippen molar-refractivity contribution in [3.63, 3.8) is 0 Å². The first kappa shape index (κ1) is 28.4. The van der Waals surface area contributed by atoms with E-state index in [1.54, 1.807) is 32.0 Å². The highest BCUT2D eigenvalue weighted by molar-refractivity contribution is 5.98. The first-order valence-electron chi connectivity index (χ1n) is 13.1. The van der Waals surface area contributed by atoms with Crippen LogP contribution in [-0.2, 0) is 6.42 Å². The lowest BCUT2D eigenvalue weighted by molar-refractivity contribution is 0.0991. The summed E-state index contributed by atoms with van der Waals surface area (Å²) in [6.45, 7) is 5.57. The van der Waals surface area contributed by atoms with E-state index >= 15 is 4.39 Å². The van der Waals surface area contributed by atoms with Crippen LogP contribution in [0, 0.1) is 25.5 Å². The van der Waals surface area contributed by atoms with E-state index in [0.29, 0.717) is 45.8 Å². The Morgan fingerprint density at radius 1 is 1.00 bits per heavy atom. The molecule has 0 unspecified atom stereocenters. The fraction of sp³-hybridized carbons (Fsp3) is 0.188. The standard InChI is InChI=1S/C32H27F2N3O5/c1-5-41-32-28(40-4)15-24-30(37-32)27(10-11-35-24)42-26-9-6-19(13-23(26)34)14-25(38)22-16-36-18(3)29(31(22)39)21-8-7-20(33)12-17(21)2/h6-13,15-16H,5,14H2,1-4H3,(H,36,39). The van der Waals surface area contributed by atoms with Crippen molar-refractivity contribution in [3.05, 3.63) is 105 Å². The molecule has 0 bridgehead atoms. The summed E-state index contributed by atoms with van der Waals surface area (Å²) in [6, 6.07) is 11.5. The second-order valence-electron chi connectivity index (χ2n) is 9.56. The highest BCUT2D eigenvalue weighted by atomic mass is 19.1. The SMILES string of the molecule is CCOc1nc2c(Oc3ccc(CC(=O)c4c[nH]c(C)c(-c5ccc(F)cc5C)c4=O)cc3F)ccnc2cc1OC. The molecule has 0 aliphatic heterocycles. The van der Waals surface area contributed by atoms with Crippen molar-refractivity contribution in [2.45, 2.75) is 27.2 Å². The number of aromatic amines is 1. The Hall–Kier alpha value is -5.12. The van der Waals surface area contributed by atoms with Crippen molar-refractivity contribution in [3.8, 4) is 34.3 Å². The molecule has 0 amide bonds. The van der Waals surface area contributed by atoms with Crippen molar-refractivity contribution < 1.29 is 27.8 Å². The summed E-state index contributed by atoms with van der Waals surface area (Å²) in [5.74, 6) is -0.796. The third kappa shape index (κ3) is 5.56. The molecule has 214 valence electrons. The number of fused-ring (bicyclic) bond motifs is 1. The van der Waals surface area contributed by atoms with Crippen LogP contribution in [0.15, 0.2) is 65.7 Å². The molecule has 5 rings (SSSR count). The molecule has 0 saturated carbocycles. The van der Waals surface area contributed by atoms with Crippen molar-refractivity contribution in [2.75, 3.05) is 13.7 Å². The Morgan fingerprint density at radius 3 is 2.52 bits per heavy atom. The minimum atomic E-state index is -0.704. The van der Waals surface area contributed by atoms with E-state index in [4.69, 9.17) is 14.2 Å². The van der Waals surface area contributed by atoms with E-state index in [-0.39, 0.29) is 34.9 Å². The number of halogens is 2. The number of rotatable bonds is 9. The molecule has 0 spiro atoms. The van der Waals surface area contributed by atoms with Gasteiger partial charge >= 0.3 is 0 Å². The van der Waals surface area contributed by atoms with E-state index in [9.17, 15) is 14.0 Å². The van der Waals surface area contributed by atoms with Crippen molar-refractivity contribution >= 4 is 16.8 Å². The Labute approximate surface area is 239 Å². The maximum atomic E-state index is 15.2. The van der Waals surface area contributed by atoms with Gasteiger partial charge in [0.2, 0.25) is 0 Å². The van der Waals surface area contributed by atoms with Crippen molar-refractivity contribution in [1.82, 2.24) is 15.0 Å². The van der Waals surface area contributed by atoms with Crippen molar-refractivity contribution in [1.29, 1.82) is 0 Å². The van der Waals surface area contributed by atoms with Gasteiger partial charge in [0.1, 0.15) is 11.3 Å². The number of pyridine rings is 3. The number of hydrogen-bond donors (Lipinski definition) is 1. The number of ketones is 1. The number of H-pyrrole nitrogens is 1. The van der Waals surface area contributed by atoms with Gasteiger partial charge in [0.15, 0.2) is 34.3 Å². The maximum Gasteiger partial charge on any atom is 0.257 e. The van der Waals surface area contributed by atoms with Gasteiger partial charge in [-0.3, -0.25) is 14.6 Å². The average molecular weight is 572 g/mol. The third-order valence-corrected chi connectivity index (χ3v) is 6.73. The Balaban J connectivity index is 1.41.